The molecule has 3 rings (SSSR count). The van der Waals surface area contributed by atoms with Gasteiger partial charge in [0.05, 0.1) is 18.7 Å². The Morgan fingerprint density at radius 1 is 1.58 bits per heavy atom. The SMILES string of the molecule is CC(C1CC1)n1nccc1NC(=O)Cc1cccs1. The Balaban J connectivity index is 1.66. The minimum absolute atomic E-state index is 0.0206. The van der Waals surface area contributed by atoms with Gasteiger partial charge in [-0.1, -0.05) is 6.07 Å². The molecule has 100 valence electrons. The first-order chi connectivity index (χ1) is 9.24. The highest BCUT2D eigenvalue weighted by Crippen LogP contribution is 2.40. The van der Waals surface area contributed by atoms with Crippen LogP contribution in [0.15, 0.2) is 29.8 Å². The van der Waals surface area contributed by atoms with Gasteiger partial charge in [0.25, 0.3) is 0 Å². The van der Waals surface area contributed by atoms with Crippen LogP contribution < -0.4 is 5.32 Å². The fourth-order valence-electron chi connectivity index (χ4n) is 2.27. The van der Waals surface area contributed by atoms with Crippen molar-refractivity contribution in [2.45, 2.75) is 32.2 Å². The van der Waals surface area contributed by atoms with Crippen molar-refractivity contribution < 1.29 is 4.79 Å². The number of carbonyl (C=O) groups is 1. The van der Waals surface area contributed by atoms with E-state index in [9.17, 15) is 4.79 Å². The molecular formula is C14H17N3OS. The van der Waals surface area contributed by atoms with Crippen molar-refractivity contribution in [3.05, 3.63) is 34.7 Å². The Morgan fingerprint density at radius 2 is 2.42 bits per heavy atom. The number of thiophene rings is 1. The summed E-state index contributed by atoms with van der Waals surface area (Å²) in [5, 5.41) is 9.28. The van der Waals surface area contributed by atoms with E-state index in [-0.39, 0.29) is 5.91 Å². The summed E-state index contributed by atoms with van der Waals surface area (Å²) < 4.78 is 1.93. The maximum Gasteiger partial charge on any atom is 0.230 e. The quantitative estimate of drug-likeness (QED) is 0.911. The molecule has 2 aromatic rings. The van der Waals surface area contributed by atoms with Gasteiger partial charge in [-0.05, 0) is 37.1 Å². The molecule has 1 N–H and O–H groups in total. The van der Waals surface area contributed by atoms with Gasteiger partial charge in [-0.15, -0.1) is 11.3 Å². The first-order valence-electron chi connectivity index (χ1n) is 6.60. The van der Waals surface area contributed by atoms with Crippen LogP contribution in [0.3, 0.4) is 0 Å². The minimum Gasteiger partial charge on any atom is -0.311 e. The Bertz CT molecular complexity index is 557. The van der Waals surface area contributed by atoms with Gasteiger partial charge in [-0.2, -0.15) is 5.10 Å². The van der Waals surface area contributed by atoms with Crippen LogP contribution in [0.4, 0.5) is 5.82 Å². The molecule has 1 amide bonds. The van der Waals surface area contributed by atoms with Crippen molar-refractivity contribution in [2.24, 2.45) is 5.92 Å². The van der Waals surface area contributed by atoms with E-state index in [2.05, 4.69) is 17.3 Å². The second kappa shape index (κ2) is 5.17. The summed E-state index contributed by atoms with van der Waals surface area (Å²) in [6, 6.07) is 6.18. The lowest BCUT2D eigenvalue weighted by atomic mass is 10.2. The molecule has 1 aliphatic rings. The monoisotopic (exact) mass is 275 g/mol. The molecule has 1 saturated carbocycles. The lowest BCUT2D eigenvalue weighted by Gasteiger charge is -2.15. The van der Waals surface area contributed by atoms with Gasteiger partial charge in [-0.3, -0.25) is 4.79 Å². The third-order valence-corrected chi connectivity index (χ3v) is 4.42. The lowest BCUT2D eigenvalue weighted by molar-refractivity contribution is -0.115. The molecule has 0 aliphatic heterocycles. The van der Waals surface area contributed by atoms with E-state index >= 15 is 0 Å². The maximum absolute atomic E-state index is 12.0. The molecule has 0 aromatic carbocycles. The van der Waals surface area contributed by atoms with Crippen molar-refractivity contribution >= 4 is 23.1 Å². The zero-order chi connectivity index (χ0) is 13.2. The number of nitrogens with one attached hydrogen (secondary N) is 1. The van der Waals surface area contributed by atoms with Gasteiger partial charge < -0.3 is 5.32 Å². The van der Waals surface area contributed by atoms with Crippen molar-refractivity contribution in [3.8, 4) is 0 Å². The van der Waals surface area contributed by atoms with Gasteiger partial charge in [0.1, 0.15) is 5.82 Å². The van der Waals surface area contributed by atoms with Crippen molar-refractivity contribution in [2.75, 3.05) is 5.32 Å². The second-order valence-electron chi connectivity index (χ2n) is 5.04. The summed E-state index contributed by atoms with van der Waals surface area (Å²) in [5.41, 5.74) is 0. The van der Waals surface area contributed by atoms with Gasteiger partial charge >= 0.3 is 0 Å². The molecule has 19 heavy (non-hydrogen) atoms. The molecule has 0 saturated heterocycles. The minimum atomic E-state index is 0.0206. The number of nitrogens with zero attached hydrogens (tertiary/aromatic N) is 2. The van der Waals surface area contributed by atoms with Crippen LogP contribution in [-0.2, 0) is 11.2 Å². The number of hydrogen-bond donors (Lipinski definition) is 1. The first-order valence-corrected chi connectivity index (χ1v) is 7.48. The van der Waals surface area contributed by atoms with E-state index in [0.717, 1.165) is 10.7 Å². The Labute approximate surface area is 116 Å². The van der Waals surface area contributed by atoms with Crippen LogP contribution in [0.2, 0.25) is 0 Å². The predicted molar refractivity (Wildman–Crippen MR) is 76.3 cm³/mol. The highest BCUT2D eigenvalue weighted by Gasteiger charge is 2.30. The summed E-state index contributed by atoms with van der Waals surface area (Å²) in [4.78, 5) is 13.1. The summed E-state index contributed by atoms with van der Waals surface area (Å²) in [6.45, 7) is 2.17. The predicted octanol–water partition coefficient (Wildman–Crippen LogP) is 3.10. The van der Waals surface area contributed by atoms with Crippen LogP contribution in [0.5, 0.6) is 0 Å². The van der Waals surface area contributed by atoms with E-state index < -0.39 is 0 Å². The standard InChI is InChI=1S/C14H17N3OS/c1-10(11-4-5-11)17-13(6-7-15-17)16-14(18)9-12-3-2-8-19-12/h2-3,6-8,10-11H,4-5,9H2,1H3,(H,16,18). The van der Waals surface area contributed by atoms with E-state index in [1.165, 1.54) is 12.8 Å². The van der Waals surface area contributed by atoms with Crippen LogP contribution in [0, 0.1) is 5.92 Å². The molecule has 2 heterocycles. The smallest absolute Gasteiger partial charge is 0.230 e. The lowest BCUT2D eigenvalue weighted by Crippen LogP contribution is -2.19. The van der Waals surface area contributed by atoms with Crippen LogP contribution in [-0.4, -0.2) is 15.7 Å². The first kappa shape index (κ1) is 12.4. The zero-order valence-corrected chi connectivity index (χ0v) is 11.7. The molecule has 1 atom stereocenters. The molecule has 2 aromatic heterocycles. The molecule has 1 fully saturated rings. The highest BCUT2D eigenvalue weighted by molar-refractivity contribution is 7.10. The zero-order valence-electron chi connectivity index (χ0n) is 10.9. The summed E-state index contributed by atoms with van der Waals surface area (Å²) in [6.07, 6.45) is 4.72. The molecular weight excluding hydrogens is 258 g/mol. The fourth-order valence-corrected chi connectivity index (χ4v) is 2.98. The van der Waals surface area contributed by atoms with Gasteiger partial charge in [0.15, 0.2) is 0 Å². The molecule has 0 bridgehead atoms. The summed E-state index contributed by atoms with van der Waals surface area (Å²) in [5.74, 6) is 1.54. The van der Waals surface area contributed by atoms with Crippen LogP contribution in [0.25, 0.3) is 0 Å². The number of aromatic nitrogens is 2. The normalized spacial score (nSPS) is 16.3. The molecule has 5 heteroatoms. The van der Waals surface area contributed by atoms with Gasteiger partial charge in [-0.25, -0.2) is 4.68 Å². The van der Waals surface area contributed by atoms with E-state index in [4.69, 9.17) is 0 Å². The number of anilines is 1. The Hall–Kier alpha value is -1.62. The van der Waals surface area contributed by atoms with Gasteiger partial charge in [0, 0.05) is 10.9 Å². The molecule has 4 nitrogen and oxygen atoms in total. The van der Waals surface area contributed by atoms with E-state index in [0.29, 0.717) is 18.4 Å². The number of hydrogen-bond acceptors (Lipinski definition) is 3. The Kier molecular flexibility index (Phi) is 3.38. The van der Waals surface area contributed by atoms with Crippen molar-refractivity contribution in [1.82, 2.24) is 9.78 Å². The largest absolute Gasteiger partial charge is 0.311 e. The molecule has 0 spiro atoms. The third-order valence-electron chi connectivity index (χ3n) is 3.54. The average molecular weight is 275 g/mol. The van der Waals surface area contributed by atoms with Crippen molar-refractivity contribution in [1.29, 1.82) is 0 Å². The van der Waals surface area contributed by atoms with Crippen molar-refractivity contribution in [3.63, 3.8) is 0 Å². The average Bonchev–Trinajstić information content (AvgIpc) is 2.93. The molecule has 0 radical (unpaired) electrons. The van der Waals surface area contributed by atoms with E-state index in [1.54, 1.807) is 17.5 Å². The van der Waals surface area contributed by atoms with E-state index in [1.807, 2.05) is 28.3 Å². The maximum atomic E-state index is 12.0. The topological polar surface area (TPSA) is 46.9 Å². The fraction of sp³-hybridized carbons (Fsp3) is 0.429. The van der Waals surface area contributed by atoms with Crippen LogP contribution >= 0.6 is 11.3 Å². The third kappa shape index (κ3) is 2.87. The summed E-state index contributed by atoms with van der Waals surface area (Å²) in [7, 11) is 0. The number of amides is 1. The molecule has 1 aliphatic carbocycles. The molecule has 1 unspecified atom stereocenters. The summed E-state index contributed by atoms with van der Waals surface area (Å²) >= 11 is 1.61. The highest BCUT2D eigenvalue weighted by atomic mass is 32.1. The van der Waals surface area contributed by atoms with Crippen LogP contribution in [0.1, 0.15) is 30.7 Å². The second-order valence-corrected chi connectivity index (χ2v) is 6.08. The number of carbonyl (C=O) groups excluding carboxylic acids is 1. The van der Waals surface area contributed by atoms with Gasteiger partial charge in [0.2, 0.25) is 5.91 Å². The Morgan fingerprint density at radius 3 is 3.11 bits per heavy atom. The number of rotatable bonds is 5.